The average Bonchev–Trinajstić information content (AvgIpc) is 2.50. The molecule has 2 rings (SSSR count). The van der Waals surface area contributed by atoms with Gasteiger partial charge in [0.15, 0.2) is 0 Å². The van der Waals surface area contributed by atoms with Crippen LogP contribution in [0.25, 0.3) is 0 Å². The fourth-order valence-corrected chi connectivity index (χ4v) is 3.09. The third kappa shape index (κ3) is 2.10. The summed E-state index contributed by atoms with van der Waals surface area (Å²) in [6, 6.07) is 7.17. The van der Waals surface area contributed by atoms with Crippen LogP contribution in [0.5, 0.6) is 0 Å². The number of aryl methyl sites for hydroxylation is 2. The van der Waals surface area contributed by atoms with Crippen molar-refractivity contribution in [1.29, 1.82) is 0 Å². The van der Waals surface area contributed by atoms with E-state index in [1.807, 2.05) is 11.8 Å². The fourth-order valence-electron chi connectivity index (χ4n) is 1.96. The van der Waals surface area contributed by atoms with Crippen LogP contribution >= 0.6 is 11.8 Å². The van der Waals surface area contributed by atoms with Gasteiger partial charge in [-0.25, -0.2) is 0 Å². The highest BCUT2D eigenvalue weighted by atomic mass is 32.2. The summed E-state index contributed by atoms with van der Waals surface area (Å²) in [5, 5.41) is 1.73. The number of thioether (sulfide) groups is 1. The number of hydrogen-bond donors (Lipinski definition) is 0. The molecule has 2 heteroatoms. The van der Waals surface area contributed by atoms with Crippen LogP contribution in [-0.4, -0.2) is 11.1 Å². The molecule has 2 atom stereocenters. The lowest BCUT2D eigenvalue weighted by molar-refractivity contribution is 0.739. The molecule has 0 bridgehead atoms. The number of nitrogens with zero attached hydrogens (tertiary/aromatic N) is 1. The molecule has 80 valence electrons. The van der Waals surface area contributed by atoms with Crippen LogP contribution < -0.4 is 0 Å². The summed E-state index contributed by atoms with van der Waals surface area (Å²) in [5.74, 6) is 0. The highest BCUT2D eigenvalue weighted by Gasteiger charge is 2.26. The van der Waals surface area contributed by atoms with Gasteiger partial charge in [-0.05, 0) is 44.4 Å². The van der Waals surface area contributed by atoms with E-state index < -0.39 is 0 Å². The Balaban J connectivity index is 2.28. The highest BCUT2D eigenvalue weighted by molar-refractivity contribution is 8.14. The summed E-state index contributed by atoms with van der Waals surface area (Å²) in [4.78, 5) is 4.58. The standard InChI is InChI=1S/C13H17NS/c1-8-5-6-12(7-9(8)2)13-10(3)14-11(4)15-13/h5-7,10,13H,1-4H3/t10-,13?/m1/s1. The molecule has 1 aliphatic heterocycles. The number of hydrogen-bond acceptors (Lipinski definition) is 2. The molecule has 0 aromatic heterocycles. The monoisotopic (exact) mass is 219 g/mol. The fraction of sp³-hybridized carbons (Fsp3) is 0.462. The van der Waals surface area contributed by atoms with Crippen molar-refractivity contribution in [2.45, 2.75) is 39.0 Å². The van der Waals surface area contributed by atoms with Gasteiger partial charge in [0.1, 0.15) is 0 Å². The van der Waals surface area contributed by atoms with E-state index in [0.29, 0.717) is 11.3 Å². The lowest BCUT2D eigenvalue weighted by atomic mass is 10.0. The number of benzene rings is 1. The van der Waals surface area contributed by atoms with Crippen LogP contribution in [-0.2, 0) is 0 Å². The van der Waals surface area contributed by atoms with Crippen LogP contribution in [0, 0.1) is 13.8 Å². The molecule has 0 aliphatic carbocycles. The molecule has 1 aromatic carbocycles. The van der Waals surface area contributed by atoms with Crippen LogP contribution in [0.3, 0.4) is 0 Å². The van der Waals surface area contributed by atoms with E-state index in [2.05, 4.69) is 50.9 Å². The second kappa shape index (κ2) is 4.01. The molecule has 1 unspecified atom stereocenters. The van der Waals surface area contributed by atoms with Gasteiger partial charge >= 0.3 is 0 Å². The van der Waals surface area contributed by atoms with E-state index >= 15 is 0 Å². The van der Waals surface area contributed by atoms with Crippen molar-refractivity contribution in [2.75, 3.05) is 0 Å². The Hall–Kier alpha value is -0.760. The molecule has 15 heavy (non-hydrogen) atoms. The maximum atomic E-state index is 4.58. The van der Waals surface area contributed by atoms with Gasteiger partial charge in [-0.15, -0.1) is 11.8 Å². The maximum absolute atomic E-state index is 4.58. The molecule has 0 fully saturated rings. The van der Waals surface area contributed by atoms with Crippen LogP contribution in [0.2, 0.25) is 0 Å². The minimum atomic E-state index is 0.414. The first-order valence-electron chi connectivity index (χ1n) is 5.36. The van der Waals surface area contributed by atoms with Gasteiger partial charge in [-0.2, -0.15) is 0 Å². The molecule has 1 nitrogen and oxygen atoms in total. The first kappa shape index (κ1) is 10.7. The summed E-state index contributed by atoms with van der Waals surface area (Å²) in [6.07, 6.45) is 0. The van der Waals surface area contributed by atoms with Crippen LogP contribution in [0.4, 0.5) is 0 Å². The van der Waals surface area contributed by atoms with Gasteiger partial charge in [0.05, 0.1) is 16.3 Å². The maximum Gasteiger partial charge on any atom is 0.0655 e. The van der Waals surface area contributed by atoms with Crippen molar-refractivity contribution < 1.29 is 0 Å². The number of aliphatic imine (C=N–C) groups is 1. The van der Waals surface area contributed by atoms with E-state index in [1.54, 1.807) is 0 Å². The largest absolute Gasteiger partial charge is 0.279 e. The van der Waals surface area contributed by atoms with E-state index in [-0.39, 0.29) is 0 Å². The predicted octanol–water partition coefficient (Wildman–Crippen LogP) is 3.90. The molecular weight excluding hydrogens is 202 g/mol. The Bertz CT molecular complexity index is 409. The quantitative estimate of drug-likeness (QED) is 0.698. The van der Waals surface area contributed by atoms with Crippen molar-refractivity contribution >= 4 is 16.8 Å². The van der Waals surface area contributed by atoms with Crippen molar-refractivity contribution in [3.63, 3.8) is 0 Å². The molecule has 0 saturated carbocycles. The molecule has 0 radical (unpaired) electrons. The Labute approximate surface area is 96.0 Å². The molecule has 1 aliphatic rings. The smallest absolute Gasteiger partial charge is 0.0655 e. The molecular formula is C13H17NS. The van der Waals surface area contributed by atoms with Gasteiger partial charge in [-0.3, -0.25) is 4.99 Å². The zero-order valence-electron chi connectivity index (χ0n) is 9.74. The molecule has 0 N–H and O–H groups in total. The highest BCUT2D eigenvalue weighted by Crippen LogP contribution is 2.40. The Morgan fingerprint density at radius 3 is 2.40 bits per heavy atom. The minimum Gasteiger partial charge on any atom is -0.279 e. The first-order chi connectivity index (χ1) is 7.08. The summed E-state index contributed by atoms with van der Waals surface area (Å²) < 4.78 is 0. The lowest BCUT2D eigenvalue weighted by Crippen LogP contribution is -2.05. The summed E-state index contributed by atoms with van der Waals surface area (Å²) in [5.41, 5.74) is 4.16. The Morgan fingerprint density at radius 1 is 1.13 bits per heavy atom. The summed E-state index contributed by atoms with van der Waals surface area (Å²) in [6.45, 7) is 8.63. The lowest BCUT2D eigenvalue weighted by Gasteiger charge is -2.15. The molecule has 0 saturated heterocycles. The van der Waals surface area contributed by atoms with Crippen LogP contribution in [0.1, 0.15) is 35.8 Å². The Kier molecular flexibility index (Phi) is 2.87. The summed E-state index contributed by atoms with van der Waals surface area (Å²) in [7, 11) is 0. The second-order valence-corrected chi connectivity index (χ2v) is 5.61. The zero-order chi connectivity index (χ0) is 11.0. The third-order valence-electron chi connectivity index (χ3n) is 2.98. The second-order valence-electron chi connectivity index (χ2n) is 4.27. The molecule has 1 aromatic rings. The first-order valence-corrected chi connectivity index (χ1v) is 6.24. The molecule has 0 spiro atoms. The topological polar surface area (TPSA) is 12.4 Å². The zero-order valence-corrected chi connectivity index (χ0v) is 10.6. The van der Waals surface area contributed by atoms with Crippen molar-refractivity contribution in [3.05, 3.63) is 34.9 Å². The average molecular weight is 219 g/mol. The van der Waals surface area contributed by atoms with Gasteiger partial charge in [-0.1, -0.05) is 18.2 Å². The van der Waals surface area contributed by atoms with Gasteiger partial charge in [0.25, 0.3) is 0 Å². The minimum absolute atomic E-state index is 0.414. The molecule has 1 heterocycles. The Morgan fingerprint density at radius 2 is 1.87 bits per heavy atom. The van der Waals surface area contributed by atoms with E-state index in [0.717, 1.165) is 0 Å². The summed E-state index contributed by atoms with van der Waals surface area (Å²) >= 11 is 1.89. The van der Waals surface area contributed by atoms with E-state index in [4.69, 9.17) is 0 Å². The van der Waals surface area contributed by atoms with E-state index in [9.17, 15) is 0 Å². The third-order valence-corrected chi connectivity index (χ3v) is 4.35. The van der Waals surface area contributed by atoms with Gasteiger partial charge in [0, 0.05) is 0 Å². The van der Waals surface area contributed by atoms with Gasteiger partial charge in [0.2, 0.25) is 0 Å². The predicted molar refractivity (Wildman–Crippen MR) is 68.8 cm³/mol. The van der Waals surface area contributed by atoms with Crippen LogP contribution in [0.15, 0.2) is 23.2 Å². The molecule has 0 amide bonds. The van der Waals surface area contributed by atoms with E-state index in [1.165, 1.54) is 21.7 Å². The SMILES string of the molecule is CC1=N[C@H](C)C(c2ccc(C)c(C)c2)S1. The normalized spacial score (nSPS) is 25.5. The van der Waals surface area contributed by atoms with Gasteiger partial charge < -0.3 is 0 Å². The van der Waals surface area contributed by atoms with Crippen molar-refractivity contribution in [2.24, 2.45) is 4.99 Å². The number of rotatable bonds is 1. The van der Waals surface area contributed by atoms with Crippen molar-refractivity contribution in [1.82, 2.24) is 0 Å². The van der Waals surface area contributed by atoms with Crippen molar-refractivity contribution in [3.8, 4) is 0 Å².